The molecule has 1 rings (SSSR count). The molecule has 4 heteroatoms. The molecule has 78 valence electrons. The first-order valence-electron chi connectivity index (χ1n) is 4.53. The summed E-state index contributed by atoms with van der Waals surface area (Å²) in [5.74, 6) is 0.981. The topological polar surface area (TPSA) is 53.7 Å². The van der Waals surface area contributed by atoms with Gasteiger partial charge in [-0.25, -0.2) is 0 Å². The van der Waals surface area contributed by atoms with Crippen LogP contribution in [0.4, 0.5) is 0 Å². The van der Waals surface area contributed by atoms with E-state index in [0.29, 0.717) is 13.1 Å². The SMILES string of the molecule is Cc1ccc(CN(C)CCC(=O)O)o1. The van der Waals surface area contributed by atoms with E-state index in [1.807, 2.05) is 31.0 Å². The highest BCUT2D eigenvalue weighted by Gasteiger charge is 2.05. The molecule has 0 bridgehead atoms. The molecular weight excluding hydrogens is 182 g/mol. The summed E-state index contributed by atoms with van der Waals surface area (Å²) in [6.07, 6.45) is 0.163. The lowest BCUT2D eigenvalue weighted by Crippen LogP contribution is -2.20. The number of carboxylic acids is 1. The maximum absolute atomic E-state index is 10.3. The average molecular weight is 197 g/mol. The minimum atomic E-state index is -0.771. The van der Waals surface area contributed by atoms with Gasteiger partial charge < -0.3 is 9.52 Å². The van der Waals surface area contributed by atoms with Crippen LogP contribution in [-0.2, 0) is 11.3 Å². The van der Waals surface area contributed by atoms with Gasteiger partial charge in [0.1, 0.15) is 11.5 Å². The first kappa shape index (κ1) is 10.8. The highest BCUT2D eigenvalue weighted by molar-refractivity contribution is 5.66. The van der Waals surface area contributed by atoms with Crippen LogP contribution in [0.5, 0.6) is 0 Å². The Morgan fingerprint density at radius 2 is 2.29 bits per heavy atom. The van der Waals surface area contributed by atoms with Crippen molar-refractivity contribution in [2.45, 2.75) is 19.9 Å². The summed E-state index contributed by atoms with van der Waals surface area (Å²) in [5.41, 5.74) is 0. The Balaban J connectivity index is 2.33. The molecule has 0 radical (unpaired) electrons. The van der Waals surface area contributed by atoms with Crippen LogP contribution < -0.4 is 0 Å². The fourth-order valence-electron chi connectivity index (χ4n) is 1.20. The molecule has 0 amide bonds. The first-order valence-corrected chi connectivity index (χ1v) is 4.53. The zero-order valence-electron chi connectivity index (χ0n) is 8.49. The zero-order chi connectivity index (χ0) is 10.6. The van der Waals surface area contributed by atoms with E-state index in [0.717, 1.165) is 11.5 Å². The Morgan fingerprint density at radius 3 is 2.79 bits per heavy atom. The highest BCUT2D eigenvalue weighted by Crippen LogP contribution is 2.08. The number of rotatable bonds is 5. The van der Waals surface area contributed by atoms with Gasteiger partial charge in [-0.05, 0) is 26.1 Å². The largest absolute Gasteiger partial charge is 0.481 e. The number of nitrogens with zero attached hydrogens (tertiary/aromatic N) is 1. The van der Waals surface area contributed by atoms with E-state index >= 15 is 0 Å². The van der Waals surface area contributed by atoms with Crippen LogP contribution in [0.1, 0.15) is 17.9 Å². The van der Waals surface area contributed by atoms with Crippen molar-refractivity contribution >= 4 is 5.97 Å². The lowest BCUT2D eigenvalue weighted by molar-refractivity contribution is -0.137. The van der Waals surface area contributed by atoms with Crippen LogP contribution in [0.25, 0.3) is 0 Å². The quantitative estimate of drug-likeness (QED) is 0.777. The monoisotopic (exact) mass is 197 g/mol. The van der Waals surface area contributed by atoms with Gasteiger partial charge in [0, 0.05) is 6.54 Å². The van der Waals surface area contributed by atoms with Crippen LogP contribution in [-0.4, -0.2) is 29.6 Å². The maximum atomic E-state index is 10.3. The van der Waals surface area contributed by atoms with Crippen molar-refractivity contribution in [2.24, 2.45) is 0 Å². The van der Waals surface area contributed by atoms with Gasteiger partial charge in [0.05, 0.1) is 13.0 Å². The first-order chi connectivity index (χ1) is 6.58. The fraction of sp³-hybridized carbons (Fsp3) is 0.500. The van der Waals surface area contributed by atoms with E-state index in [4.69, 9.17) is 9.52 Å². The summed E-state index contributed by atoms with van der Waals surface area (Å²) in [6, 6.07) is 3.81. The van der Waals surface area contributed by atoms with Gasteiger partial charge in [0.2, 0.25) is 0 Å². The molecule has 1 N–H and O–H groups in total. The smallest absolute Gasteiger partial charge is 0.304 e. The van der Waals surface area contributed by atoms with E-state index < -0.39 is 5.97 Å². The number of carbonyl (C=O) groups is 1. The fourth-order valence-corrected chi connectivity index (χ4v) is 1.20. The molecule has 0 atom stereocenters. The van der Waals surface area contributed by atoms with Crippen molar-refractivity contribution in [1.82, 2.24) is 4.90 Å². The van der Waals surface area contributed by atoms with Gasteiger partial charge in [-0.15, -0.1) is 0 Å². The van der Waals surface area contributed by atoms with Crippen LogP contribution in [0.15, 0.2) is 16.5 Å². The predicted octanol–water partition coefficient (Wildman–Crippen LogP) is 1.49. The third-order valence-electron chi connectivity index (χ3n) is 1.93. The zero-order valence-corrected chi connectivity index (χ0v) is 8.49. The second-order valence-electron chi connectivity index (χ2n) is 3.39. The van der Waals surface area contributed by atoms with Crippen molar-refractivity contribution in [3.8, 4) is 0 Å². The molecule has 0 aliphatic heterocycles. The lowest BCUT2D eigenvalue weighted by atomic mass is 10.3. The van der Waals surface area contributed by atoms with E-state index in [-0.39, 0.29) is 6.42 Å². The van der Waals surface area contributed by atoms with Gasteiger partial charge in [0.25, 0.3) is 0 Å². The Kier molecular flexibility index (Phi) is 3.71. The predicted molar refractivity (Wildman–Crippen MR) is 52.0 cm³/mol. The van der Waals surface area contributed by atoms with Crippen molar-refractivity contribution in [3.05, 3.63) is 23.7 Å². The second-order valence-corrected chi connectivity index (χ2v) is 3.39. The Labute approximate surface area is 83.1 Å². The van der Waals surface area contributed by atoms with Gasteiger partial charge in [0.15, 0.2) is 0 Å². The summed E-state index contributed by atoms with van der Waals surface area (Å²) >= 11 is 0. The van der Waals surface area contributed by atoms with E-state index in [2.05, 4.69) is 0 Å². The Morgan fingerprint density at radius 1 is 1.57 bits per heavy atom. The number of aryl methyl sites for hydroxylation is 1. The maximum Gasteiger partial charge on any atom is 0.304 e. The van der Waals surface area contributed by atoms with Gasteiger partial charge in [-0.1, -0.05) is 0 Å². The normalized spacial score (nSPS) is 10.8. The third kappa shape index (κ3) is 3.62. The van der Waals surface area contributed by atoms with Crippen molar-refractivity contribution in [3.63, 3.8) is 0 Å². The molecule has 0 saturated heterocycles. The lowest BCUT2D eigenvalue weighted by Gasteiger charge is -2.12. The molecule has 0 aromatic carbocycles. The van der Waals surface area contributed by atoms with Crippen LogP contribution >= 0.6 is 0 Å². The summed E-state index contributed by atoms with van der Waals surface area (Å²) in [6.45, 7) is 3.08. The number of hydrogen-bond donors (Lipinski definition) is 1. The molecule has 4 nitrogen and oxygen atoms in total. The molecule has 1 aromatic heterocycles. The van der Waals surface area contributed by atoms with Gasteiger partial charge in [-0.3, -0.25) is 9.69 Å². The van der Waals surface area contributed by atoms with Gasteiger partial charge in [-0.2, -0.15) is 0 Å². The van der Waals surface area contributed by atoms with Crippen molar-refractivity contribution in [1.29, 1.82) is 0 Å². The highest BCUT2D eigenvalue weighted by atomic mass is 16.4. The average Bonchev–Trinajstić information content (AvgIpc) is 2.48. The summed E-state index contributed by atoms with van der Waals surface area (Å²) in [5, 5.41) is 8.48. The molecule has 0 aliphatic carbocycles. The summed E-state index contributed by atoms with van der Waals surface area (Å²) < 4.78 is 5.37. The molecule has 14 heavy (non-hydrogen) atoms. The van der Waals surface area contributed by atoms with E-state index in [1.165, 1.54) is 0 Å². The number of carboxylic acid groups (broad SMARTS) is 1. The van der Waals surface area contributed by atoms with Crippen molar-refractivity contribution < 1.29 is 14.3 Å². The summed E-state index contributed by atoms with van der Waals surface area (Å²) in [7, 11) is 1.88. The summed E-state index contributed by atoms with van der Waals surface area (Å²) in [4.78, 5) is 12.2. The molecule has 0 spiro atoms. The number of hydrogen-bond acceptors (Lipinski definition) is 3. The number of furan rings is 1. The minimum Gasteiger partial charge on any atom is -0.481 e. The van der Waals surface area contributed by atoms with Crippen LogP contribution in [0, 0.1) is 6.92 Å². The molecule has 0 fully saturated rings. The molecule has 0 unspecified atom stereocenters. The van der Waals surface area contributed by atoms with Crippen LogP contribution in [0.2, 0.25) is 0 Å². The molecular formula is C10H15NO3. The van der Waals surface area contributed by atoms with E-state index in [9.17, 15) is 4.79 Å². The van der Waals surface area contributed by atoms with Crippen molar-refractivity contribution in [2.75, 3.05) is 13.6 Å². The van der Waals surface area contributed by atoms with E-state index in [1.54, 1.807) is 0 Å². The minimum absolute atomic E-state index is 0.163. The standard InChI is InChI=1S/C10H15NO3/c1-8-3-4-9(14-8)7-11(2)6-5-10(12)13/h3-4H,5-7H2,1-2H3,(H,12,13). The molecule has 0 saturated carbocycles. The third-order valence-corrected chi connectivity index (χ3v) is 1.93. The second kappa shape index (κ2) is 4.81. The molecule has 1 heterocycles. The number of aliphatic carboxylic acids is 1. The Bertz CT molecular complexity index is 306. The molecule has 1 aromatic rings. The van der Waals surface area contributed by atoms with Crippen LogP contribution in [0.3, 0.4) is 0 Å². The Hall–Kier alpha value is -1.29. The molecule has 0 aliphatic rings. The van der Waals surface area contributed by atoms with Gasteiger partial charge >= 0.3 is 5.97 Å².